The second kappa shape index (κ2) is 8.05. The summed E-state index contributed by atoms with van der Waals surface area (Å²) in [4.78, 5) is 15.4. The molecule has 0 bridgehead atoms. The SMILES string of the molecule is C=CC1(c2ccc(OC)cc2C)c2cc(OC)ccc2CCN1C(=O)NC(C)(C)C. The van der Waals surface area contributed by atoms with Crippen molar-refractivity contribution in [2.75, 3.05) is 20.8 Å². The predicted molar refractivity (Wildman–Crippen MR) is 120 cm³/mol. The van der Waals surface area contributed by atoms with Gasteiger partial charge >= 0.3 is 6.03 Å². The zero-order chi connectivity index (χ0) is 22.1. The molecule has 0 saturated heterocycles. The van der Waals surface area contributed by atoms with Gasteiger partial charge in [0.2, 0.25) is 0 Å². The third-order valence-corrected chi connectivity index (χ3v) is 5.62. The van der Waals surface area contributed by atoms with Gasteiger partial charge in [0, 0.05) is 12.1 Å². The molecule has 30 heavy (non-hydrogen) atoms. The normalized spacial score (nSPS) is 18.4. The molecule has 2 aromatic carbocycles. The summed E-state index contributed by atoms with van der Waals surface area (Å²) < 4.78 is 10.9. The van der Waals surface area contributed by atoms with Crippen LogP contribution in [0.5, 0.6) is 11.5 Å². The molecule has 1 aliphatic heterocycles. The van der Waals surface area contributed by atoms with Gasteiger partial charge in [-0.2, -0.15) is 0 Å². The molecule has 0 aliphatic carbocycles. The Labute approximate surface area is 179 Å². The van der Waals surface area contributed by atoms with E-state index in [9.17, 15) is 4.79 Å². The van der Waals surface area contributed by atoms with Gasteiger partial charge in [0.25, 0.3) is 0 Å². The first-order valence-electron chi connectivity index (χ1n) is 10.2. The van der Waals surface area contributed by atoms with Crippen molar-refractivity contribution in [2.24, 2.45) is 0 Å². The molecule has 2 amide bonds. The van der Waals surface area contributed by atoms with Gasteiger partial charge in [-0.05, 0) is 80.6 Å². The molecule has 1 heterocycles. The number of hydrogen-bond acceptors (Lipinski definition) is 3. The number of urea groups is 1. The van der Waals surface area contributed by atoms with E-state index in [0.717, 1.165) is 34.6 Å². The Morgan fingerprint density at radius 2 is 1.73 bits per heavy atom. The highest BCUT2D eigenvalue weighted by Gasteiger charge is 2.46. The van der Waals surface area contributed by atoms with Crippen LogP contribution in [0.25, 0.3) is 0 Å². The Kier molecular flexibility index (Phi) is 5.84. The van der Waals surface area contributed by atoms with Gasteiger partial charge in [-0.3, -0.25) is 0 Å². The fourth-order valence-electron chi connectivity index (χ4n) is 4.27. The summed E-state index contributed by atoms with van der Waals surface area (Å²) in [5.41, 5.74) is 3.04. The van der Waals surface area contributed by atoms with E-state index in [1.165, 1.54) is 5.56 Å². The van der Waals surface area contributed by atoms with Crippen LogP contribution in [0, 0.1) is 6.92 Å². The minimum Gasteiger partial charge on any atom is -0.497 e. The molecule has 1 aliphatic rings. The third-order valence-electron chi connectivity index (χ3n) is 5.62. The van der Waals surface area contributed by atoms with Crippen LogP contribution >= 0.6 is 0 Å². The number of amides is 2. The first kappa shape index (κ1) is 21.8. The molecule has 3 rings (SSSR count). The van der Waals surface area contributed by atoms with E-state index in [2.05, 4.69) is 18.0 Å². The van der Waals surface area contributed by atoms with Crippen molar-refractivity contribution in [1.29, 1.82) is 0 Å². The minimum atomic E-state index is -0.826. The standard InChI is InChI=1S/C25H32N2O3/c1-8-25(21-12-11-19(29-6)15-17(21)2)22-16-20(30-7)10-9-18(22)13-14-27(25)23(28)26-24(3,4)5/h8-12,15-16H,1,13-14H2,2-7H3,(H,26,28). The Morgan fingerprint density at radius 3 is 2.30 bits per heavy atom. The zero-order valence-electron chi connectivity index (χ0n) is 18.8. The zero-order valence-corrected chi connectivity index (χ0v) is 18.8. The number of carbonyl (C=O) groups is 1. The first-order valence-corrected chi connectivity index (χ1v) is 10.2. The van der Waals surface area contributed by atoms with E-state index < -0.39 is 5.54 Å². The lowest BCUT2D eigenvalue weighted by Crippen LogP contribution is -2.59. The van der Waals surface area contributed by atoms with Crippen LogP contribution in [-0.2, 0) is 12.0 Å². The number of benzene rings is 2. The van der Waals surface area contributed by atoms with Crippen molar-refractivity contribution >= 4 is 6.03 Å². The van der Waals surface area contributed by atoms with Gasteiger partial charge in [0.05, 0.1) is 14.2 Å². The molecule has 0 radical (unpaired) electrons. The lowest BCUT2D eigenvalue weighted by Gasteiger charge is -2.48. The second-order valence-electron chi connectivity index (χ2n) is 8.76. The van der Waals surface area contributed by atoms with Gasteiger partial charge in [0.1, 0.15) is 17.0 Å². The maximum atomic E-state index is 13.5. The Morgan fingerprint density at radius 1 is 1.10 bits per heavy atom. The van der Waals surface area contributed by atoms with Crippen LogP contribution in [0.1, 0.15) is 43.0 Å². The average molecular weight is 409 g/mol. The Balaban J connectivity index is 2.29. The number of methoxy groups -OCH3 is 2. The molecular formula is C25H32N2O3. The quantitative estimate of drug-likeness (QED) is 0.739. The molecular weight excluding hydrogens is 376 g/mol. The fraction of sp³-hybridized carbons (Fsp3) is 0.400. The number of rotatable bonds is 4. The summed E-state index contributed by atoms with van der Waals surface area (Å²) >= 11 is 0. The van der Waals surface area contributed by atoms with Gasteiger partial charge in [-0.15, -0.1) is 6.58 Å². The highest BCUT2D eigenvalue weighted by atomic mass is 16.5. The number of nitrogens with one attached hydrogen (secondary N) is 1. The van der Waals surface area contributed by atoms with Crippen LogP contribution in [0.4, 0.5) is 4.79 Å². The van der Waals surface area contributed by atoms with Gasteiger partial charge in [0.15, 0.2) is 0 Å². The molecule has 5 heteroatoms. The topological polar surface area (TPSA) is 50.8 Å². The number of hydrogen-bond donors (Lipinski definition) is 1. The lowest BCUT2D eigenvalue weighted by atomic mass is 9.74. The van der Waals surface area contributed by atoms with E-state index >= 15 is 0 Å². The molecule has 0 spiro atoms. The third kappa shape index (κ3) is 3.76. The van der Waals surface area contributed by atoms with Crippen LogP contribution in [0.2, 0.25) is 0 Å². The Hall–Kier alpha value is -2.95. The van der Waals surface area contributed by atoms with Crippen molar-refractivity contribution < 1.29 is 14.3 Å². The maximum Gasteiger partial charge on any atom is 0.319 e. The maximum absolute atomic E-state index is 13.5. The summed E-state index contributed by atoms with van der Waals surface area (Å²) in [6, 6.07) is 11.9. The summed E-state index contributed by atoms with van der Waals surface area (Å²) in [5.74, 6) is 1.53. The van der Waals surface area contributed by atoms with Gasteiger partial charge < -0.3 is 19.7 Å². The number of ether oxygens (including phenoxy) is 2. The molecule has 5 nitrogen and oxygen atoms in total. The Bertz CT molecular complexity index is 961. The highest BCUT2D eigenvalue weighted by molar-refractivity contribution is 5.79. The molecule has 1 N–H and O–H groups in total. The summed E-state index contributed by atoms with van der Waals surface area (Å²) in [6.07, 6.45) is 2.64. The molecule has 0 aromatic heterocycles. The number of aryl methyl sites for hydroxylation is 1. The van der Waals surface area contributed by atoms with Crippen molar-refractivity contribution in [3.8, 4) is 11.5 Å². The molecule has 2 aromatic rings. The van der Waals surface area contributed by atoms with E-state index in [-0.39, 0.29) is 11.6 Å². The summed E-state index contributed by atoms with van der Waals surface area (Å²) in [6.45, 7) is 12.8. The monoisotopic (exact) mass is 408 g/mol. The molecule has 160 valence electrons. The lowest BCUT2D eigenvalue weighted by molar-refractivity contribution is 0.145. The molecule has 0 saturated carbocycles. The first-order chi connectivity index (χ1) is 14.2. The van der Waals surface area contributed by atoms with E-state index in [1.807, 2.05) is 69.0 Å². The van der Waals surface area contributed by atoms with Crippen LogP contribution < -0.4 is 14.8 Å². The van der Waals surface area contributed by atoms with Crippen molar-refractivity contribution in [3.05, 3.63) is 71.3 Å². The summed E-state index contributed by atoms with van der Waals surface area (Å²) in [5, 5.41) is 3.13. The molecule has 1 unspecified atom stereocenters. The second-order valence-corrected chi connectivity index (χ2v) is 8.76. The highest BCUT2D eigenvalue weighted by Crippen LogP contribution is 2.45. The molecule has 0 fully saturated rings. The fourth-order valence-corrected chi connectivity index (χ4v) is 4.27. The number of nitrogens with zero attached hydrogens (tertiary/aromatic N) is 1. The average Bonchev–Trinajstić information content (AvgIpc) is 2.71. The van der Waals surface area contributed by atoms with Crippen molar-refractivity contribution in [1.82, 2.24) is 10.2 Å². The van der Waals surface area contributed by atoms with E-state index in [0.29, 0.717) is 6.54 Å². The number of fused-ring (bicyclic) bond motifs is 1. The van der Waals surface area contributed by atoms with Crippen LogP contribution in [0.15, 0.2) is 49.1 Å². The predicted octanol–water partition coefficient (Wildman–Crippen LogP) is 4.81. The minimum absolute atomic E-state index is 0.119. The molecule has 1 atom stereocenters. The summed E-state index contributed by atoms with van der Waals surface area (Å²) in [7, 11) is 3.31. The van der Waals surface area contributed by atoms with Crippen LogP contribution in [-0.4, -0.2) is 37.2 Å². The number of carbonyl (C=O) groups excluding carboxylic acids is 1. The van der Waals surface area contributed by atoms with Crippen molar-refractivity contribution in [3.63, 3.8) is 0 Å². The van der Waals surface area contributed by atoms with E-state index in [1.54, 1.807) is 14.2 Å². The van der Waals surface area contributed by atoms with E-state index in [4.69, 9.17) is 9.47 Å². The van der Waals surface area contributed by atoms with Gasteiger partial charge in [-0.1, -0.05) is 18.2 Å². The van der Waals surface area contributed by atoms with Crippen LogP contribution in [0.3, 0.4) is 0 Å². The smallest absolute Gasteiger partial charge is 0.319 e. The van der Waals surface area contributed by atoms with Gasteiger partial charge in [-0.25, -0.2) is 4.79 Å². The largest absolute Gasteiger partial charge is 0.497 e. The van der Waals surface area contributed by atoms with Crippen molar-refractivity contribution in [2.45, 2.75) is 45.2 Å².